The van der Waals surface area contributed by atoms with Crippen molar-refractivity contribution < 1.29 is 45.0 Å². The van der Waals surface area contributed by atoms with Gasteiger partial charge in [0, 0.05) is 28.5 Å². The molecular formula is C30H30F6O5. The Balaban J connectivity index is 1.86. The second-order valence-electron chi connectivity index (χ2n) is 9.86. The van der Waals surface area contributed by atoms with Gasteiger partial charge in [-0.3, -0.25) is 0 Å². The number of rotatable bonds is 12. The monoisotopic (exact) mass is 584 g/mol. The molecule has 1 heterocycles. The highest BCUT2D eigenvalue weighted by atomic mass is 19.4. The van der Waals surface area contributed by atoms with E-state index in [1.165, 1.54) is 37.3 Å². The maximum atomic E-state index is 13.9. The summed E-state index contributed by atoms with van der Waals surface area (Å²) in [6, 6.07) is 9.22. The molecule has 0 saturated heterocycles. The molecule has 0 aliphatic carbocycles. The lowest BCUT2D eigenvalue weighted by molar-refractivity contribution is -0.158. The molecule has 0 aliphatic heterocycles. The van der Waals surface area contributed by atoms with Gasteiger partial charge >= 0.3 is 23.9 Å². The summed E-state index contributed by atoms with van der Waals surface area (Å²) in [6.07, 6.45) is -7.50. The summed E-state index contributed by atoms with van der Waals surface area (Å²) >= 11 is 0. The van der Waals surface area contributed by atoms with Gasteiger partial charge in [0.2, 0.25) is 0 Å². The van der Waals surface area contributed by atoms with Crippen LogP contribution in [0.25, 0.3) is 22.1 Å². The predicted molar refractivity (Wildman–Crippen MR) is 142 cm³/mol. The van der Waals surface area contributed by atoms with Gasteiger partial charge in [0.05, 0.1) is 30.8 Å². The standard InChI is InChI=1S/C30H30F6O5/c1-4-5-6-7-19-8-11-23(25(12-19)30(34,35)36)24-13-21-9-10-22(14-26(21)41-28(24)38)39-16-20(15-29(31,32)33)17-40-27(37)18(2)3/h8-14,20H,2,4-7,15-17H2,1,3H3. The van der Waals surface area contributed by atoms with Gasteiger partial charge in [-0.1, -0.05) is 38.5 Å². The molecule has 0 spiro atoms. The number of hydrogen-bond donors (Lipinski definition) is 0. The summed E-state index contributed by atoms with van der Waals surface area (Å²) in [4.78, 5) is 24.4. The van der Waals surface area contributed by atoms with Crippen molar-refractivity contribution in [1.29, 1.82) is 0 Å². The SMILES string of the molecule is C=C(C)C(=O)OCC(COc1ccc2cc(-c3ccc(CCCCC)cc3C(F)(F)F)c(=O)oc2c1)CC(F)(F)F. The second kappa shape index (κ2) is 13.3. The van der Waals surface area contributed by atoms with Gasteiger partial charge in [0.15, 0.2) is 0 Å². The number of halogens is 6. The molecule has 1 unspecified atom stereocenters. The number of alkyl halides is 6. The van der Waals surface area contributed by atoms with Crippen LogP contribution in [0.5, 0.6) is 5.75 Å². The zero-order valence-corrected chi connectivity index (χ0v) is 22.6. The summed E-state index contributed by atoms with van der Waals surface area (Å²) < 4.78 is 96.4. The summed E-state index contributed by atoms with van der Waals surface area (Å²) in [5.41, 5.74) is -2.02. The van der Waals surface area contributed by atoms with E-state index in [4.69, 9.17) is 13.9 Å². The third-order valence-corrected chi connectivity index (χ3v) is 6.26. The van der Waals surface area contributed by atoms with Crippen molar-refractivity contribution in [3.63, 3.8) is 0 Å². The van der Waals surface area contributed by atoms with Gasteiger partial charge < -0.3 is 13.9 Å². The Kier molecular flexibility index (Phi) is 10.3. The first-order valence-electron chi connectivity index (χ1n) is 13.0. The average molecular weight is 585 g/mol. The van der Waals surface area contributed by atoms with E-state index in [0.717, 1.165) is 25.3 Å². The molecule has 0 bridgehead atoms. The molecule has 0 saturated carbocycles. The molecule has 1 atom stereocenters. The Morgan fingerprint density at radius 2 is 1.71 bits per heavy atom. The van der Waals surface area contributed by atoms with Crippen LogP contribution in [0, 0.1) is 5.92 Å². The fourth-order valence-corrected chi connectivity index (χ4v) is 4.19. The summed E-state index contributed by atoms with van der Waals surface area (Å²) in [7, 11) is 0. The molecule has 3 aromatic rings. The number of hydrogen-bond acceptors (Lipinski definition) is 5. The molecule has 0 amide bonds. The van der Waals surface area contributed by atoms with Crippen LogP contribution in [-0.4, -0.2) is 25.4 Å². The molecule has 1 aromatic heterocycles. The third-order valence-electron chi connectivity index (χ3n) is 6.26. The van der Waals surface area contributed by atoms with Gasteiger partial charge in [-0.2, -0.15) is 26.3 Å². The number of benzene rings is 2. The third kappa shape index (κ3) is 9.12. The normalized spacial score (nSPS) is 12.8. The first kappa shape index (κ1) is 31.8. The van der Waals surface area contributed by atoms with Crippen LogP contribution < -0.4 is 10.4 Å². The first-order chi connectivity index (χ1) is 19.2. The second-order valence-corrected chi connectivity index (χ2v) is 9.86. The zero-order chi connectivity index (χ0) is 30.4. The smallest absolute Gasteiger partial charge is 0.417 e. The maximum absolute atomic E-state index is 13.9. The van der Waals surface area contributed by atoms with E-state index in [2.05, 4.69) is 6.58 Å². The van der Waals surface area contributed by atoms with Crippen LogP contribution in [-0.2, 0) is 22.1 Å². The van der Waals surface area contributed by atoms with E-state index in [0.29, 0.717) is 12.0 Å². The fraction of sp³-hybridized carbons (Fsp3) is 0.400. The number of unbranched alkanes of at least 4 members (excludes halogenated alkanes) is 2. The molecule has 0 aliphatic rings. The molecule has 222 valence electrons. The van der Waals surface area contributed by atoms with E-state index in [1.54, 1.807) is 6.07 Å². The Bertz CT molecular complexity index is 1440. The highest BCUT2D eigenvalue weighted by molar-refractivity contribution is 5.87. The van der Waals surface area contributed by atoms with E-state index in [-0.39, 0.29) is 33.4 Å². The van der Waals surface area contributed by atoms with Crippen LogP contribution in [0.3, 0.4) is 0 Å². The Labute approximate surface area is 232 Å². The molecule has 0 N–H and O–H groups in total. The summed E-state index contributed by atoms with van der Waals surface area (Å²) in [5.74, 6) is -2.01. The number of esters is 1. The number of carbonyl (C=O) groups excluding carboxylic acids is 1. The Morgan fingerprint density at radius 1 is 0.976 bits per heavy atom. The zero-order valence-electron chi connectivity index (χ0n) is 22.6. The number of ether oxygens (including phenoxy) is 2. The van der Waals surface area contributed by atoms with Crippen molar-refractivity contribution in [3.05, 3.63) is 76.2 Å². The van der Waals surface area contributed by atoms with Crippen LogP contribution in [0.1, 0.15) is 50.7 Å². The highest BCUT2D eigenvalue weighted by Gasteiger charge is 2.35. The number of fused-ring (bicyclic) bond motifs is 1. The fourth-order valence-electron chi connectivity index (χ4n) is 4.19. The molecule has 5 nitrogen and oxygen atoms in total. The lowest BCUT2D eigenvalue weighted by atomic mass is 9.95. The van der Waals surface area contributed by atoms with Gasteiger partial charge in [0.25, 0.3) is 0 Å². The minimum atomic E-state index is -4.71. The maximum Gasteiger partial charge on any atom is 0.417 e. The lowest BCUT2D eigenvalue weighted by Crippen LogP contribution is -2.26. The molecule has 2 aromatic carbocycles. The minimum Gasteiger partial charge on any atom is -0.493 e. The van der Waals surface area contributed by atoms with Crippen molar-refractivity contribution in [2.24, 2.45) is 5.92 Å². The van der Waals surface area contributed by atoms with E-state index < -0.39 is 55.1 Å². The van der Waals surface area contributed by atoms with Crippen LogP contribution in [0.15, 0.2) is 63.8 Å². The molecule has 0 fully saturated rings. The largest absolute Gasteiger partial charge is 0.493 e. The van der Waals surface area contributed by atoms with Crippen LogP contribution in [0.4, 0.5) is 26.3 Å². The molecular weight excluding hydrogens is 554 g/mol. The van der Waals surface area contributed by atoms with Gasteiger partial charge in [-0.05, 0) is 49.6 Å². The topological polar surface area (TPSA) is 65.7 Å². The molecule has 3 rings (SSSR count). The van der Waals surface area contributed by atoms with Crippen molar-refractivity contribution in [1.82, 2.24) is 0 Å². The highest BCUT2D eigenvalue weighted by Crippen LogP contribution is 2.38. The van der Waals surface area contributed by atoms with E-state index in [1.807, 2.05) is 6.92 Å². The predicted octanol–water partition coefficient (Wildman–Crippen LogP) is 8.28. The van der Waals surface area contributed by atoms with Gasteiger partial charge in [0.1, 0.15) is 11.3 Å². The van der Waals surface area contributed by atoms with Crippen molar-refractivity contribution in [3.8, 4) is 16.9 Å². The average Bonchev–Trinajstić information content (AvgIpc) is 2.88. The quantitative estimate of drug-likeness (QED) is 0.0705. The van der Waals surface area contributed by atoms with Gasteiger partial charge in [-0.15, -0.1) is 0 Å². The molecule has 11 heteroatoms. The summed E-state index contributed by atoms with van der Waals surface area (Å²) in [6.45, 7) is 5.70. The minimum absolute atomic E-state index is 0.0259. The van der Waals surface area contributed by atoms with Crippen molar-refractivity contribution >= 4 is 16.9 Å². The van der Waals surface area contributed by atoms with E-state index in [9.17, 15) is 35.9 Å². The van der Waals surface area contributed by atoms with Crippen molar-refractivity contribution in [2.45, 2.75) is 58.3 Å². The summed E-state index contributed by atoms with van der Waals surface area (Å²) in [5, 5.41) is 0.286. The number of carbonyl (C=O) groups is 1. The molecule has 41 heavy (non-hydrogen) atoms. The van der Waals surface area contributed by atoms with Crippen LogP contribution >= 0.6 is 0 Å². The first-order valence-corrected chi connectivity index (χ1v) is 13.0. The van der Waals surface area contributed by atoms with Crippen LogP contribution in [0.2, 0.25) is 0 Å². The Morgan fingerprint density at radius 3 is 2.34 bits per heavy atom. The number of aryl methyl sites for hydroxylation is 1. The Hall–Kier alpha value is -3.76. The lowest BCUT2D eigenvalue weighted by Gasteiger charge is -2.19. The van der Waals surface area contributed by atoms with Crippen molar-refractivity contribution in [2.75, 3.05) is 13.2 Å². The van der Waals surface area contributed by atoms with E-state index >= 15 is 0 Å². The molecule has 0 radical (unpaired) electrons. The van der Waals surface area contributed by atoms with Gasteiger partial charge in [-0.25, -0.2) is 9.59 Å².